The molecule has 2 aromatic carbocycles. The molecule has 1 aliphatic heterocycles. The van der Waals surface area contributed by atoms with Crippen LogP contribution >= 0.6 is 11.6 Å². The van der Waals surface area contributed by atoms with Gasteiger partial charge in [0.15, 0.2) is 5.82 Å². The standard InChI is InChI=1S/C31H35ClFN7O3/c1-17-14-20(15-18(2)26(17)32)40-28(25-19(3)37(11-10-22(25)35-40)30(42)43-31(4,5)6)39-13-12-38(29(39)41)24-9-8-23-21(27(24)33)16-34-36(23)7/h8-9,12-16,19,30,42H,10-11H2,1-7H3/t19-,30?/m0/s1. The van der Waals surface area contributed by atoms with Gasteiger partial charge in [0.1, 0.15) is 5.82 Å². The molecule has 5 aromatic rings. The molecule has 2 atom stereocenters. The smallest absolute Gasteiger partial charge is 0.338 e. The Labute approximate surface area is 253 Å². The van der Waals surface area contributed by atoms with Crippen molar-refractivity contribution in [3.05, 3.63) is 86.6 Å². The van der Waals surface area contributed by atoms with Crippen molar-refractivity contribution in [2.24, 2.45) is 7.05 Å². The summed E-state index contributed by atoms with van der Waals surface area (Å²) in [6.07, 6.45) is 3.98. The zero-order valence-corrected chi connectivity index (χ0v) is 26.0. The first kappa shape index (κ1) is 29.3. The highest BCUT2D eigenvalue weighted by Crippen LogP contribution is 2.37. The number of imidazole rings is 1. The summed E-state index contributed by atoms with van der Waals surface area (Å²) in [7, 11) is 1.74. The van der Waals surface area contributed by atoms with E-state index in [9.17, 15) is 9.90 Å². The Kier molecular flexibility index (Phi) is 7.12. The van der Waals surface area contributed by atoms with Crippen molar-refractivity contribution in [1.29, 1.82) is 0 Å². The van der Waals surface area contributed by atoms with Crippen LogP contribution < -0.4 is 5.69 Å². The lowest BCUT2D eigenvalue weighted by molar-refractivity contribution is -0.249. The number of benzene rings is 2. The average molecular weight is 608 g/mol. The molecule has 0 amide bonds. The number of hydrogen-bond acceptors (Lipinski definition) is 6. The van der Waals surface area contributed by atoms with E-state index in [1.54, 1.807) is 40.9 Å². The van der Waals surface area contributed by atoms with E-state index in [-0.39, 0.29) is 11.7 Å². The van der Waals surface area contributed by atoms with Gasteiger partial charge in [0.2, 0.25) is 6.41 Å². The van der Waals surface area contributed by atoms with Gasteiger partial charge in [-0.15, -0.1) is 0 Å². The number of aliphatic hydroxyl groups is 1. The number of aliphatic hydroxyl groups excluding tert-OH is 1. The maximum atomic E-state index is 15.7. The van der Waals surface area contributed by atoms with Crippen LogP contribution in [0.3, 0.4) is 0 Å². The van der Waals surface area contributed by atoms with Crippen LogP contribution in [0.5, 0.6) is 0 Å². The van der Waals surface area contributed by atoms with E-state index in [1.165, 1.54) is 15.3 Å². The third-order valence-electron chi connectivity index (χ3n) is 8.01. The maximum Gasteiger partial charge on any atom is 0.338 e. The number of halogens is 2. The third-order valence-corrected chi connectivity index (χ3v) is 8.61. The predicted octanol–water partition coefficient (Wildman–Crippen LogP) is 5.12. The van der Waals surface area contributed by atoms with Gasteiger partial charge in [-0.3, -0.25) is 13.8 Å². The molecule has 0 spiro atoms. The summed E-state index contributed by atoms with van der Waals surface area (Å²) < 4.78 is 27.7. The molecule has 0 aliphatic carbocycles. The first-order valence-corrected chi connectivity index (χ1v) is 14.6. The summed E-state index contributed by atoms with van der Waals surface area (Å²) in [4.78, 5) is 16.0. The average Bonchev–Trinajstić information content (AvgIpc) is 3.62. The molecule has 43 heavy (non-hydrogen) atoms. The van der Waals surface area contributed by atoms with E-state index in [4.69, 9.17) is 21.4 Å². The van der Waals surface area contributed by atoms with E-state index >= 15 is 4.39 Å². The number of nitrogens with zero attached hydrogens (tertiary/aromatic N) is 7. The van der Waals surface area contributed by atoms with E-state index in [0.29, 0.717) is 34.7 Å². The molecule has 226 valence electrons. The fourth-order valence-electron chi connectivity index (χ4n) is 5.91. The summed E-state index contributed by atoms with van der Waals surface area (Å²) >= 11 is 6.50. The second-order valence-electron chi connectivity index (χ2n) is 12.1. The lowest BCUT2D eigenvalue weighted by Crippen LogP contribution is -2.46. The van der Waals surface area contributed by atoms with Gasteiger partial charge in [0.25, 0.3) is 0 Å². The van der Waals surface area contributed by atoms with E-state index < -0.39 is 23.5 Å². The van der Waals surface area contributed by atoms with Crippen LogP contribution in [0.1, 0.15) is 56.1 Å². The molecule has 6 rings (SSSR count). The van der Waals surface area contributed by atoms with Gasteiger partial charge in [-0.2, -0.15) is 10.2 Å². The highest BCUT2D eigenvalue weighted by Gasteiger charge is 2.37. The van der Waals surface area contributed by atoms with Crippen LogP contribution in [-0.2, 0) is 18.2 Å². The van der Waals surface area contributed by atoms with Crippen molar-refractivity contribution in [2.45, 2.75) is 66.0 Å². The van der Waals surface area contributed by atoms with Crippen molar-refractivity contribution >= 4 is 22.5 Å². The molecular formula is C31H35ClFN7O3. The molecule has 0 fully saturated rings. The highest BCUT2D eigenvalue weighted by atomic mass is 35.5. The molecule has 1 aliphatic rings. The van der Waals surface area contributed by atoms with Crippen molar-refractivity contribution < 1.29 is 14.2 Å². The summed E-state index contributed by atoms with van der Waals surface area (Å²) in [5, 5.41) is 21.2. The lowest BCUT2D eigenvalue weighted by atomic mass is 9.99. The monoisotopic (exact) mass is 607 g/mol. The van der Waals surface area contributed by atoms with Crippen LogP contribution in [0, 0.1) is 19.7 Å². The first-order valence-electron chi connectivity index (χ1n) is 14.2. The molecule has 10 nitrogen and oxygen atoms in total. The molecule has 12 heteroatoms. The van der Waals surface area contributed by atoms with E-state index in [2.05, 4.69) is 5.10 Å². The summed E-state index contributed by atoms with van der Waals surface area (Å²) in [5.41, 5.74) is 3.75. The highest BCUT2D eigenvalue weighted by molar-refractivity contribution is 6.32. The number of fused-ring (bicyclic) bond motifs is 2. The fraction of sp³-hybridized carbons (Fsp3) is 0.387. The second kappa shape index (κ2) is 10.4. The van der Waals surface area contributed by atoms with Gasteiger partial charge < -0.3 is 9.84 Å². The Morgan fingerprint density at radius 3 is 2.49 bits per heavy atom. The number of aryl methyl sites for hydroxylation is 3. The Morgan fingerprint density at radius 1 is 1.14 bits per heavy atom. The third kappa shape index (κ3) is 4.90. The van der Waals surface area contributed by atoms with Crippen LogP contribution in [0.2, 0.25) is 5.02 Å². The zero-order valence-electron chi connectivity index (χ0n) is 25.3. The van der Waals surface area contributed by atoms with Crippen molar-refractivity contribution in [2.75, 3.05) is 6.54 Å². The van der Waals surface area contributed by atoms with Crippen LogP contribution in [-0.4, -0.2) is 57.3 Å². The number of ether oxygens (including phenoxy) is 1. The van der Waals surface area contributed by atoms with Crippen LogP contribution in [0.4, 0.5) is 4.39 Å². The van der Waals surface area contributed by atoms with Crippen molar-refractivity contribution in [1.82, 2.24) is 33.6 Å². The van der Waals surface area contributed by atoms with Crippen LogP contribution in [0.25, 0.3) is 28.1 Å². The Bertz CT molecular complexity index is 1910. The van der Waals surface area contributed by atoms with E-state index in [0.717, 1.165) is 28.1 Å². The minimum atomic E-state index is -1.17. The lowest BCUT2D eigenvalue weighted by Gasteiger charge is -2.38. The molecule has 1 unspecified atom stereocenters. The molecule has 0 radical (unpaired) electrons. The Hall–Kier alpha value is -3.77. The number of aromatic nitrogens is 6. The molecule has 3 aromatic heterocycles. The Morgan fingerprint density at radius 2 is 1.81 bits per heavy atom. The summed E-state index contributed by atoms with van der Waals surface area (Å²) in [6.45, 7) is 12.0. The van der Waals surface area contributed by atoms with Gasteiger partial charge in [0.05, 0.1) is 39.8 Å². The summed E-state index contributed by atoms with van der Waals surface area (Å²) in [6, 6.07) is 6.81. The quantitative estimate of drug-likeness (QED) is 0.279. The van der Waals surface area contributed by atoms with Gasteiger partial charge in [-0.25, -0.2) is 18.8 Å². The predicted molar refractivity (Wildman–Crippen MR) is 163 cm³/mol. The molecule has 0 bridgehead atoms. The molecule has 1 N–H and O–H groups in total. The minimum Gasteiger partial charge on any atom is -0.356 e. The second-order valence-corrected chi connectivity index (χ2v) is 12.5. The maximum absolute atomic E-state index is 15.7. The van der Waals surface area contributed by atoms with Crippen LogP contribution in [0.15, 0.2) is 47.7 Å². The zero-order chi connectivity index (χ0) is 31.0. The normalized spacial score (nSPS) is 16.7. The molecule has 0 saturated heterocycles. The van der Waals surface area contributed by atoms with Gasteiger partial charge in [-0.1, -0.05) is 11.6 Å². The SMILES string of the molecule is Cc1cc(-n2nc3c(c2-n2ccn(-c4ccc5c(cnn5C)c4F)c2=O)[C@H](C)N(C(O)OC(C)(C)C)CC3)cc(C)c1Cl. The van der Waals surface area contributed by atoms with E-state index in [1.807, 2.05) is 58.6 Å². The van der Waals surface area contributed by atoms with Gasteiger partial charge >= 0.3 is 5.69 Å². The fourth-order valence-corrected chi connectivity index (χ4v) is 6.01. The Balaban J connectivity index is 1.55. The number of hydrogen-bond donors (Lipinski definition) is 1. The van der Waals surface area contributed by atoms with Crippen molar-refractivity contribution in [3.63, 3.8) is 0 Å². The topological polar surface area (TPSA) is 95.3 Å². The van der Waals surface area contributed by atoms with Gasteiger partial charge in [-0.05, 0) is 76.9 Å². The number of rotatable bonds is 5. The van der Waals surface area contributed by atoms with Crippen molar-refractivity contribution in [3.8, 4) is 17.2 Å². The first-order chi connectivity index (χ1) is 20.3. The minimum absolute atomic E-state index is 0.117. The largest absolute Gasteiger partial charge is 0.356 e. The molecule has 0 saturated carbocycles. The van der Waals surface area contributed by atoms with Gasteiger partial charge in [0, 0.05) is 49.0 Å². The summed E-state index contributed by atoms with van der Waals surface area (Å²) in [5.74, 6) is -0.0326. The molecule has 4 heterocycles. The molecular weight excluding hydrogens is 573 g/mol.